The van der Waals surface area contributed by atoms with Crippen molar-refractivity contribution in [2.75, 3.05) is 0 Å². The lowest BCUT2D eigenvalue weighted by Gasteiger charge is -2.20. The van der Waals surface area contributed by atoms with Crippen molar-refractivity contribution in [2.24, 2.45) is 0 Å². The first kappa shape index (κ1) is 14.0. The minimum Gasteiger partial charge on any atom is -0.416 e. The van der Waals surface area contributed by atoms with E-state index in [-0.39, 0.29) is 5.54 Å². The zero-order chi connectivity index (χ0) is 13.9. The van der Waals surface area contributed by atoms with E-state index in [2.05, 4.69) is 46.3 Å². The normalized spacial score (nSPS) is 11.8. The number of hydrogen-bond acceptors (Lipinski definition) is 7. The molecule has 0 spiro atoms. The summed E-state index contributed by atoms with van der Waals surface area (Å²) in [6.07, 6.45) is 3.61. The number of nitrogens with one attached hydrogen (secondary N) is 1. The monoisotopic (exact) mass is 279 g/mol. The van der Waals surface area contributed by atoms with Gasteiger partial charge in [-0.3, -0.25) is 0 Å². The van der Waals surface area contributed by atoms with E-state index in [0.29, 0.717) is 16.3 Å². The topological polar surface area (TPSA) is 76.7 Å². The predicted molar refractivity (Wildman–Crippen MR) is 71.8 cm³/mol. The van der Waals surface area contributed by atoms with Crippen molar-refractivity contribution in [2.45, 2.75) is 50.2 Å². The number of rotatable bonds is 4. The first-order valence-corrected chi connectivity index (χ1v) is 6.78. The summed E-state index contributed by atoms with van der Waals surface area (Å²) in [7, 11) is 0. The molecule has 0 aliphatic heterocycles. The van der Waals surface area contributed by atoms with Crippen molar-refractivity contribution in [1.82, 2.24) is 25.5 Å². The number of aryl methyl sites for hydroxylation is 1. The summed E-state index contributed by atoms with van der Waals surface area (Å²) in [4.78, 5) is 8.54. The van der Waals surface area contributed by atoms with E-state index < -0.39 is 0 Å². The molecule has 19 heavy (non-hydrogen) atoms. The molecule has 0 aromatic carbocycles. The van der Waals surface area contributed by atoms with Crippen molar-refractivity contribution in [1.29, 1.82) is 0 Å². The van der Waals surface area contributed by atoms with E-state index in [1.807, 2.05) is 0 Å². The van der Waals surface area contributed by atoms with Crippen molar-refractivity contribution >= 4 is 11.8 Å². The second kappa shape index (κ2) is 5.66. The van der Waals surface area contributed by atoms with E-state index in [1.54, 1.807) is 19.3 Å². The van der Waals surface area contributed by atoms with Gasteiger partial charge in [0.2, 0.25) is 5.89 Å². The standard InChI is InChI=1S/C12H17N5OS/c1-8-16-17-11(18-8)19-10-13-5-9(6-14-10)7-15-12(2,3)4/h5-6,15H,7H2,1-4H3. The van der Waals surface area contributed by atoms with Gasteiger partial charge in [0, 0.05) is 48.7 Å². The van der Waals surface area contributed by atoms with Gasteiger partial charge in [-0.05, 0) is 20.8 Å². The van der Waals surface area contributed by atoms with E-state index in [1.165, 1.54) is 11.8 Å². The number of nitrogens with zero attached hydrogens (tertiary/aromatic N) is 4. The Labute approximate surface area is 116 Å². The fourth-order valence-electron chi connectivity index (χ4n) is 1.25. The maximum Gasteiger partial charge on any atom is 0.284 e. The van der Waals surface area contributed by atoms with E-state index in [4.69, 9.17) is 4.42 Å². The van der Waals surface area contributed by atoms with Crippen molar-refractivity contribution in [3.8, 4) is 0 Å². The average Bonchev–Trinajstić information content (AvgIpc) is 2.73. The molecule has 0 saturated heterocycles. The highest BCUT2D eigenvalue weighted by molar-refractivity contribution is 7.98. The second-order valence-corrected chi connectivity index (χ2v) is 6.09. The van der Waals surface area contributed by atoms with Crippen LogP contribution in [0.4, 0.5) is 0 Å². The molecule has 102 valence electrons. The van der Waals surface area contributed by atoms with Crippen LogP contribution in [-0.4, -0.2) is 25.7 Å². The summed E-state index contributed by atoms with van der Waals surface area (Å²) in [6, 6.07) is 0. The molecule has 6 nitrogen and oxygen atoms in total. The zero-order valence-corrected chi connectivity index (χ0v) is 12.3. The summed E-state index contributed by atoms with van der Waals surface area (Å²) >= 11 is 1.26. The van der Waals surface area contributed by atoms with Crippen molar-refractivity contribution < 1.29 is 4.42 Å². The molecular formula is C12H17N5OS. The summed E-state index contributed by atoms with van der Waals surface area (Å²) in [6.45, 7) is 8.86. The molecule has 2 aromatic rings. The minimum absolute atomic E-state index is 0.0781. The quantitative estimate of drug-likeness (QED) is 0.860. The first-order chi connectivity index (χ1) is 8.92. The highest BCUT2D eigenvalue weighted by Crippen LogP contribution is 2.22. The van der Waals surface area contributed by atoms with Crippen LogP contribution in [0.1, 0.15) is 32.2 Å². The van der Waals surface area contributed by atoms with Crippen LogP contribution >= 0.6 is 11.8 Å². The van der Waals surface area contributed by atoms with Gasteiger partial charge in [-0.25, -0.2) is 9.97 Å². The van der Waals surface area contributed by atoms with Crippen molar-refractivity contribution in [3.63, 3.8) is 0 Å². The van der Waals surface area contributed by atoms with E-state index in [9.17, 15) is 0 Å². The molecule has 0 radical (unpaired) electrons. The summed E-state index contributed by atoms with van der Waals surface area (Å²) < 4.78 is 5.26. The van der Waals surface area contributed by atoms with Gasteiger partial charge >= 0.3 is 0 Å². The molecule has 0 saturated carbocycles. The van der Waals surface area contributed by atoms with Gasteiger partial charge in [0.25, 0.3) is 5.22 Å². The highest BCUT2D eigenvalue weighted by Gasteiger charge is 2.10. The Balaban J connectivity index is 1.95. The molecule has 0 amide bonds. The third kappa shape index (κ3) is 4.60. The van der Waals surface area contributed by atoms with Crippen LogP contribution < -0.4 is 5.32 Å². The maximum absolute atomic E-state index is 5.26. The average molecular weight is 279 g/mol. The molecule has 2 aromatic heterocycles. The predicted octanol–water partition coefficient (Wildman–Crippen LogP) is 2.21. The van der Waals surface area contributed by atoms with E-state index >= 15 is 0 Å². The van der Waals surface area contributed by atoms with Crippen LogP contribution in [0.15, 0.2) is 27.2 Å². The van der Waals surface area contributed by atoms with Crippen LogP contribution in [0.3, 0.4) is 0 Å². The fraction of sp³-hybridized carbons (Fsp3) is 0.500. The molecular weight excluding hydrogens is 262 g/mol. The third-order valence-electron chi connectivity index (χ3n) is 2.19. The minimum atomic E-state index is 0.0781. The van der Waals surface area contributed by atoms with Crippen LogP contribution in [-0.2, 0) is 6.54 Å². The van der Waals surface area contributed by atoms with Crippen LogP contribution in [0.25, 0.3) is 0 Å². The van der Waals surface area contributed by atoms with Crippen LogP contribution in [0, 0.1) is 6.92 Å². The Hall–Kier alpha value is -1.47. The van der Waals surface area contributed by atoms with Gasteiger partial charge < -0.3 is 9.73 Å². The van der Waals surface area contributed by atoms with Gasteiger partial charge in [0.15, 0.2) is 5.16 Å². The molecule has 0 aliphatic carbocycles. The van der Waals surface area contributed by atoms with E-state index in [0.717, 1.165) is 12.1 Å². The molecule has 2 rings (SSSR count). The Morgan fingerprint density at radius 1 is 1.21 bits per heavy atom. The molecule has 7 heteroatoms. The fourth-order valence-corrected chi connectivity index (χ4v) is 1.86. The second-order valence-electron chi connectivity index (χ2n) is 5.17. The summed E-state index contributed by atoms with van der Waals surface area (Å²) in [5.74, 6) is 0.536. The molecule has 0 fully saturated rings. The summed E-state index contributed by atoms with van der Waals surface area (Å²) in [5.41, 5.74) is 1.12. The van der Waals surface area contributed by atoms with Gasteiger partial charge in [0.05, 0.1) is 0 Å². The molecule has 1 N–H and O–H groups in total. The van der Waals surface area contributed by atoms with Crippen LogP contribution in [0.5, 0.6) is 0 Å². The number of aromatic nitrogens is 4. The third-order valence-corrected chi connectivity index (χ3v) is 2.92. The van der Waals surface area contributed by atoms with Crippen LogP contribution in [0.2, 0.25) is 0 Å². The molecule has 0 unspecified atom stereocenters. The van der Waals surface area contributed by atoms with Gasteiger partial charge in [-0.2, -0.15) is 0 Å². The largest absolute Gasteiger partial charge is 0.416 e. The Bertz CT molecular complexity index is 532. The Kier molecular flexibility index (Phi) is 4.16. The highest BCUT2D eigenvalue weighted by atomic mass is 32.2. The maximum atomic E-state index is 5.26. The molecule has 0 aliphatic rings. The lowest BCUT2D eigenvalue weighted by Crippen LogP contribution is -2.35. The van der Waals surface area contributed by atoms with Gasteiger partial charge in [0.1, 0.15) is 0 Å². The smallest absolute Gasteiger partial charge is 0.284 e. The van der Waals surface area contributed by atoms with Gasteiger partial charge in [-0.15, -0.1) is 10.2 Å². The lowest BCUT2D eigenvalue weighted by atomic mass is 10.1. The molecule has 2 heterocycles. The summed E-state index contributed by atoms with van der Waals surface area (Å²) in [5, 5.41) is 12.1. The SMILES string of the molecule is Cc1nnc(Sc2ncc(CNC(C)(C)C)cn2)o1. The Morgan fingerprint density at radius 3 is 2.42 bits per heavy atom. The molecule has 0 bridgehead atoms. The van der Waals surface area contributed by atoms with Crippen molar-refractivity contribution in [3.05, 3.63) is 23.8 Å². The molecule has 0 atom stereocenters. The zero-order valence-electron chi connectivity index (χ0n) is 11.5. The first-order valence-electron chi connectivity index (χ1n) is 5.96. The van der Waals surface area contributed by atoms with Gasteiger partial charge in [-0.1, -0.05) is 0 Å². The lowest BCUT2D eigenvalue weighted by molar-refractivity contribution is 0.423. The number of hydrogen-bond donors (Lipinski definition) is 1. The Morgan fingerprint density at radius 2 is 1.89 bits per heavy atom.